The lowest BCUT2D eigenvalue weighted by molar-refractivity contribution is -0.149. The summed E-state index contributed by atoms with van der Waals surface area (Å²) < 4.78 is 5.14. The largest absolute Gasteiger partial charge is 0.465 e. The molecule has 1 amide bonds. The number of carbonyl (C=O) groups is 2. The van der Waals surface area contributed by atoms with Crippen LogP contribution in [0.25, 0.3) is 0 Å². The van der Waals surface area contributed by atoms with E-state index in [0.29, 0.717) is 32.0 Å². The number of amides is 1. The predicted molar refractivity (Wildman–Crippen MR) is 61.2 cm³/mol. The fourth-order valence-corrected chi connectivity index (χ4v) is 1.80. The van der Waals surface area contributed by atoms with E-state index >= 15 is 0 Å². The molecule has 0 aromatic heterocycles. The van der Waals surface area contributed by atoms with Crippen molar-refractivity contribution in [3.63, 3.8) is 0 Å². The zero-order chi connectivity index (χ0) is 12.1. The van der Waals surface area contributed by atoms with Crippen LogP contribution in [0.15, 0.2) is 0 Å². The lowest BCUT2D eigenvalue weighted by Gasteiger charge is -2.15. The molecule has 0 saturated carbocycles. The average Bonchev–Trinajstić information content (AvgIpc) is 2.74. The van der Waals surface area contributed by atoms with Crippen LogP contribution >= 0.6 is 11.6 Å². The van der Waals surface area contributed by atoms with Crippen molar-refractivity contribution in [2.45, 2.75) is 20.3 Å². The summed E-state index contributed by atoms with van der Waals surface area (Å²) in [6.07, 6.45) is 0.680. The van der Waals surface area contributed by atoms with Crippen LogP contribution in [0.2, 0.25) is 0 Å². The summed E-state index contributed by atoms with van der Waals surface area (Å²) in [5.41, 5.74) is 0. The second-order valence-electron chi connectivity index (χ2n) is 4.48. The standard InChI is InChI=1S/C11H18ClNO3/c1-8(2)7-16-11(15)9-3-4-13(6-9)10(14)5-12/h8-9H,3-7H2,1-2H3. The molecule has 0 bridgehead atoms. The lowest BCUT2D eigenvalue weighted by atomic mass is 10.1. The lowest BCUT2D eigenvalue weighted by Crippen LogP contribution is -2.31. The molecule has 1 atom stereocenters. The first-order chi connectivity index (χ1) is 7.54. The highest BCUT2D eigenvalue weighted by molar-refractivity contribution is 6.27. The van der Waals surface area contributed by atoms with Crippen molar-refractivity contribution in [3.8, 4) is 0 Å². The first-order valence-electron chi connectivity index (χ1n) is 5.55. The van der Waals surface area contributed by atoms with Crippen molar-refractivity contribution >= 4 is 23.5 Å². The molecule has 1 heterocycles. The molecule has 0 radical (unpaired) electrons. The van der Waals surface area contributed by atoms with Gasteiger partial charge < -0.3 is 9.64 Å². The number of halogens is 1. The average molecular weight is 248 g/mol. The summed E-state index contributed by atoms with van der Waals surface area (Å²) in [7, 11) is 0. The highest BCUT2D eigenvalue weighted by Crippen LogP contribution is 2.18. The van der Waals surface area contributed by atoms with Gasteiger partial charge in [-0.2, -0.15) is 0 Å². The maximum atomic E-state index is 11.6. The van der Waals surface area contributed by atoms with Crippen LogP contribution in [0.1, 0.15) is 20.3 Å². The Bertz CT molecular complexity index is 268. The number of carbonyl (C=O) groups excluding carboxylic acids is 2. The van der Waals surface area contributed by atoms with Gasteiger partial charge in [0.25, 0.3) is 0 Å². The summed E-state index contributed by atoms with van der Waals surface area (Å²) in [4.78, 5) is 24.5. The Kier molecular flexibility index (Phi) is 5.06. The third-order valence-corrected chi connectivity index (χ3v) is 2.78. The Morgan fingerprint density at radius 2 is 2.19 bits per heavy atom. The zero-order valence-corrected chi connectivity index (χ0v) is 10.5. The molecule has 1 aliphatic heterocycles. The van der Waals surface area contributed by atoms with Crippen LogP contribution in [0.5, 0.6) is 0 Å². The van der Waals surface area contributed by atoms with E-state index < -0.39 is 0 Å². The Hall–Kier alpha value is -0.770. The monoisotopic (exact) mass is 247 g/mol. The van der Waals surface area contributed by atoms with Crippen molar-refractivity contribution in [2.75, 3.05) is 25.6 Å². The maximum Gasteiger partial charge on any atom is 0.310 e. The van der Waals surface area contributed by atoms with Crippen LogP contribution in [0.3, 0.4) is 0 Å². The molecule has 1 unspecified atom stereocenters. The molecule has 0 N–H and O–H groups in total. The number of nitrogens with zero attached hydrogens (tertiary/aromatic N) is 1. The molecule has 0 aliphatic carbocycles. The molecule has 4 nitrogen and oxygen atoms in total. The van der Waals surface area contributed by atoms with Crippen LogP contribution in [0.4, 0.5) is 0 Å². The molecule has 1 aliphatic rings. The number of esters is 1. The molecule has 1 rings (SSSR count). The van der Waals surface area contributed by atoms with Gasteiger partial charge in [0, 0.05) is 13.1 Å². The Labute approximate surface area is 101 Å². The number of rotatable bonds is 4. The third-order valence-electron chi connectivity index (χ3n) is 2.55. The SMILES string of the molecule is CC(C)COC(=O)C1CCN(C(=O)CCl)C1. The van der Waals surface area contributed by atoms with Gasteiger partial charge in [-0.3, -0.25) is 9.59 Å². The van der Waals surface area contributed by atoms with E-state index in [1.165, 1.54) is 0 Å². The van der Waals surface area contributed by atoms with E-state index in [1.807, 2.05) is 13.8 Å². The Balaban J connectivity index is 2.35. The fourth-order valence-electron chi connectivity index (χ4n) is 1.63. The van der Waals surface area contributed by atoms with E-state index in [1.54, 1.807) is 4.90 Å². The number of hydrogen-bond acceptors (Lipinski definition) is 3. The highest BCUT2D eigenvalue weighted by Gasteiger charge is 2.31. The molecule has 1 saturated heterocycles. The Morgan fingerprint density at radius 3 is 2.75 bits per heavy atom. The first-order valence-corrected chi connectivity index (χ1v) is 6.08. The van der Waals surface area contributed by atoms with Gasteiger partial charge in [0.2, 0.25) is 5.91 Å². The zero-order valence-electron chi connectivity index (χ0n) is 9.74. The van der Waals surface area contributed by atoms with Gasteiger partial charge in [-0.05, 0) is 12.3 Å². The minimum Gasteiger partial charge on any atom is -0.465 e. The molecule has 0 spiro atoms. The molecule has 0 aromatic rings. The van der Waals surface area contributed by atoms with Crippen molar-refractivity contribution in [1.29, 1.82) is 0 Å². The van der Waals surface area contributed by atoms with E-state index in [2.05, 4.69) is 0 Å². The molecule has 0 aromatic carbocycles. The smallest absolute Gasteiger partial charge is 0.310 e. The van der Waals surface area contributed by atoms with Gasteiger partial charge in [-0.25, -0.2) is 0 Å². The van der Waals surface area contributed by atoms with Gasteiger partial charge >= 0.3 is 5.97 Å². The van der Waals surface area contributed by atoms with Crippen LogP contribution in [-0.4, -0.2) is 42.4 Å². The minimum absolute atomic E-state index is 0.0201. The van der Waals surface area contributed by atoms with Gasteiger partial charge in [-0.15, -0.1) is 11.6 Å². The number of hydrogen-bond donors (Lipinski definition) is 0. The van der Waals surface area contributed by atoms with Crippen LogP contribution in [-0.2, 0) is 14.3 Å². The molecule has 5 heteroatoms. The summed E-state index contributed by atoms with van der Waals surface area (Å²) >= 11 is 5.45. The Morgan fingerprint density at radius 1 is 1.50 bits per heavy atom. The summed E-state index contributed by atoms with van der Waals surface area (Å²) in [5.74, 6) is -0.162. The number of ether oxygens (including phenoxy) is 1. The van der Waals surface area contributed by atoms with Crippen molar-refractivity contribution < 1.29 is 14.3 Å². The van der Waals surface area contributed by atoms with Gasteiger partial charge in [0.05, 0.1) is 12.5 Å². The van der Waals surface area contributed by atoms with Crippen LogP contribution in [0, 0.1) is 11.8 Å². The molecule has 92 valence electrons. The summed E-state index contributed by atoms with van der Waals surface area (Å²) in [6.45, 7) is 5.48. The van der Waals surface area contributed by atoms with Crippen molar-refractivity contribution in [3.05, 3.63) is 0 Å². The summed E-state index contributed by atoms with van der Waals surface area (Å²) in [6, 6.07) is 0. The van der Waals surface area contributed by atoms with Crippen molar-refractivity contribution in [1.82, 2.24) is 4.90 Å². The van der Waals surface area contributed by atoms with Gasteiger partial charge in [0.15, 0.2) is 0 Å². The molecule has 16 heavy (non-hydrogen) atoms. The summed E-state index contributed by atoms with van der Waals surface area (Å²) in [5, 5.41) is 0. The van der Waals surface area contributed by atoms with E-state index in [9.17, 15) is 9.59 Å². The van der Waals surface area contributed by atoms with Crippen LogP contribution < -0.4 is 0 Å². The number of alkyl halides is 1. The number of likely N-dealkylation sites (tertiary alicyclic amines) is 1. The molecular formula is C11H18ClNO3. The van der Waals surface area contributed by atoms with Gasteiger partial charge in [0.1, 0.15) is 5.88 Å². The molecule has 1 fully saturated rings. The topological polar surface area (TPSA) is 46.6 Å². The fraction of sp³-hybridized carbons (Fsp3) is 0.818. The third kappa shape index (κ3) is 3.67. The van der Waals surface area contributed by atoms with Crippen molar-refractivity contribution in [2.24, 2.45) is 11.8 Å². The second-order valence-corrected chi connectivity index (χ2v) is 4.75. The maximum absolute atomic E-state index is 11.6. The van der Waals surface area contributed by atoms with E-state index in [4.69, 9.17) is 16.3 Å². The van der Waals surface area contributed by atoms with E-state index in [-0.39, 0.29) is 23.7 Å². The van der Waals surface area contributed by atoms with E-state index in [0.717, 1.165) is 0 Å². The quantitative estimate of drug-likeness (QED) is 0.555. The normalized spacial score (nSPS) is 20.2. The highest BCUT2D eigenvalue weighted by atomic mass is 35.5. The van der Waals surface area contributed by atoms with Gasteiger partial charge in [-0.1, -0.05) is 13.8 Å². The first kappa shape index (κ1) is 13.3. The second kappa shape index (κ2) is 6.09. The molecular weight excluding hydrogens is 230 g/mol. The predicted octanol–water partition coefficient (Wildman–Crippen LogP) is 1.27. The minimum atomic E-state index is -0.196.